The second kappa shape index (κ2) is 4.65. The molecule has 4 nitrogen and oxygen atoms in total. The molecule has 0 radical (unpaired) electrons. The first kappa shape index (κ1) is 11.8. The van der Waals surface area contributed by atoms with Gasteiger partial charge in [-0.1, -0.05) is 25.0 Å². The molecule has 0 saturated heterocycles. The minimum atomic E-state index is 0.150. The first-order valence-electron chi connectivity index (χ1n) is 5.69. The lowest BCUT2D eigenvalue weighted by molar-refractivity contribution is 0.0857. The van der Waals surface area contributed by atoms with Crippen molar-refractivity contribution in [2.75, 3.05) is 0 Å². The Bertz CT molecular complexity index is 382. The SMILES string of the molecule is CC1CCCC(C(=O)c2c(Br)nnn2C)C1. The van der Waals surface area contributed by atoms with Crippen LogP contribution < -0.4 is 0 Å². The first-order valence-corrected chi connectivity index (χ1v) is 6.48. The van der Waals surface area contributed by atoms with Gasteiger partial charge in [0.05, 0.1) is 0 Å². The number of carbonyl (C=O) groups excluding carboxylic acids is 1. The molecule has 1 fully saturated rings. The maximum Gasteiger partial charge on any atom is 0.186 e. The maximum atomic E-state index is 12.3. The Kier molecular flexibility index (Phi) is 3.42. The third-order valence-corrected chi connectivity index (χ3v) is 3.86. The van der Waals surface area contributed by atoms with Crippen LogP contribution in [0.25, 0.3) is 0 Å². The summed E-state index contributed by atoms with van der Waals surface area (Å²) in [6.07, 6.45) is 4.40. The zero-order valence-corrected chi connectivity index (χ0v) is 11.2. The summed E-state index contributed by atoms with van der Waals surface area (Å²) in [6, 6.07) is 0. The van der Waals surface area contributed by atoms with Crippen LogP contribution >= 0.6 is 15.9 Å². The smallest absolute Gasteiger partial charge is 0.186 e. The fourth-order valence-electron chi connectivity index (χ4n) is 2.46. The third-order valence-electron chi connectivity index (χ3n) is 3.33. The van der Waals surface area contributed by atoms with Gasteiger partial charge in [-0.3, -0.25) is 4.79 Å². The van der Waals surface area contributed by atoms with Gasteiger partial charge in [0.25, 0.3) is 0 Å². The lowest BCUT2D eigenvalue weighted by atomic mass is 9.79. The maximum absolute atomic E-state index is 12.3. The fourth-order valence-corrected chi connectivity index (χ4v) is 2.98. The average molecular weight is 286 g/mol. The Morgan fingerprint density at radius 3 is 2.81 bits per heavy atom. The van der Waals surface area contributed by atoms with Crippen molar-refractivity contribution in [2.24, 2.45) is 18.9 Å². The third kappa shape index (κ3) is 2.19. The number of hydrogen-bond donors (Lipinski definition) is 0. The second-order valence-corrected chi connectivity index (χ2v) is 5.44. The number of aryl methyl sites for hydroxylation is 1. The van der Waals surface area contributed by atoms with Gasteiger partial charge in [-0.05, 0) is 34.7 Å². The summed E-state index contributed by atoms with van der Waals surface area (Å²) in [6.45, 7) is 2.22. The van der Waals surface area contributed by atoms with Gasteiger partial charge in [0.1, 0.15) is 5.69 Å². The van der Waals surface area contributed by atoms with E-state index in [1.54, 1.807) is 11.7 Å². The van der Waals surface area contributed by atoms with Gasteiger partial charge >= 0.3 is 0 Å². The molecule has 0 aliphatic heterocycles. The van der Waals surface area contributed by atoms with Crippen LogP contribution in [0, 0.1) is 11.8 Å². The van der Waals surface area contributed by atoms with Gasteiger partial charge in [0, 0.05) is 13.0 Å². The van der Waals surface area contributed by atoms with E-state index in [0.717, 1.165) is 19.3 Å². The van der Waals surface area contributed by atoms with E-state index < -0.39 is 0 Å². The normalized spacial score (nSPS) is 25.7. The van der Waals surface area contributed by atoms with Crippen LogP contribution in [-0.4, -0.2) is 20.8 Å². The van der Waals surface area contributed by atoms with E-state index in [2.05, 4.69) is 33.2 Å². The van der Waals surface area contributed by atoms with Gasteiger partial charge in [0.2, 0.25) is 0 Å². The van der Waals surface area contributed by atoms with Crippen LogP contribution in [0.1, 0.15) is 43.1 Å². The summed E-state index contributed by atoms with van der Waals surface area (Å²) in [5, 5.41) is 7.71. The molecule has 0 bridgehead atoms. The molecule has 1 aromatic heterocycles. The second-order valence-electron chi connectivity index (χ2n) is 4.69. The summed E-state index contributed by atoms with van der Waals surface area (Å²) < 4.78 is 2.13. The first-order chi connectivity index (χ1) is 7.59. The highest BCUT2D eigenvalue weighted by Crippen LogP contribution is 2.31. The van der Waals surface area contributed by atoms with Crippen LogP contribution in [0.15, 0.2) is 4.60 Å². The van der Waals surface area contributed by atoms with E-state index in [0.29, 0.717) is 16.2 Å². The van der Waals surface area contributed by atoms with Crippen molar-refractivity contribution in [1.29, 1.82) is 0 Å². The molecule has 1 saturated carbocycles. The molecule has 5 heteroatoms. The number of rotatable bonds is 2. The summed E-state index contributed by atoms with van der Waals surface area (Å²) in [4.78, 5) is 12.3. The molecule has 0 spiro atoms. The lowest BCUT2D eigenvalue weighted by Crippen LogP contribution is -2.24. The minimum Gasteiger partial charge on any atom is -0.292 e. The van der Waals surface area contributed by atoms with Crippen LogP contribution in [-0.2, 0) is 7.05 Å². The molecule has 2 atom stereocenters. The molecule has 88 valence electrons. The topological polar surface area (TPSA) is 47.8 Å². The van der Waals surface area contributed by atoms with Crippen molar-refractivity contribution in [3.8, 4) is 0 Å². The van der Waals surface area contributed by atoms with E-state index in [1.807, 2.05) is 0 Å². The molecule has 0 aromatic carbocycles. The number of aromatic nitrogens is 3. The number of halogens is 1. The van der Waals surface area contributed by atoms with Crippen molar-refractivity contribution in [3.63, 3.8) is 0 Å². The van der Waals surface area contributed by atoms with Crippen molar-refractivity contribution < 1.29 is 4.79 Å². The lowest BCUT2D eigenvalue weighted by Gasteiger charge is -2.25. The van der Waals surface area contributed by atoms with Crippen LogP contribution in [0.2, 0.25) is 0 Å². The molecule has 2 unspecified atom stereocenters. The zero-order chi connectivity index (χ0) is 11.7. The molecule has 0 amide bonds. The molecular formula is C11H16BrN3O. The minimum absolute atomic E-state index is 0.150. The number of ketones is 1. The summed E-state index contributed by atoms with van der Waals surface area (Å²) in [5.41, 5.74) is 0.610. The quantitative estimate of drug-likeness (QED) is 0.785. The van der Waals surface area contributed by atoms with Crippen molar-refractivity contribution in [1.82, 2.24) is 15.0 Å². The van der Waals surface area contributed by atoms with Crippen molar-refractivity contribution in [2.45, 2.75) is 32.6 Å². The zero-order valence-electron chi connectivity index (χ0n) is 9.61. The molecule has 16 heavy (non-hydrogen) atoms. The Morgan fingerprint density at radius 2 is 2.25 bits per heavy atom. The van der Waals surface area contributed by atoms with Crippen LogP contribution in [0.5, 0.6) is 0 Å². The average Bonchev–Trinajstić information content (AvgIpc) is 2.58. The summed E-state index contributed by atoms with van der Waals surface area (Å²) >= 11 is 3.28. The highest BCUT2D eigenvalue weighted by atomic mass is 79.9. The van der Waals surface area contributed by atoms with Gasteiger partial charge < -0.3 is 0 Å². The van der Waals surface area contributed by atoms with E-state index >= 15 is 0 Å². The van der Waals surface area contributed by atoms with Crippen LogP contribution in [0.3, 0.4) is 0 Å². The Labute approximate surface area is 104 Å². The largest absolute Gasteiger partial charge is 0.292 e. The molecule has 0 N–H and O–H groups in total. The fraction of sp³-hybridized carbons (Fsp3) is 0.727. The molecule has 2 rings (SSSR count). The monoisotopic (exact) mass is 285 g/mol. The number of nitrogens with zero attached hydrogens (tertiary/aromatic N) is 3. The van der Waals surface area contributed by atoms with E-state index in [1.165, 1.54) is 6.42 Å². The summed E-state index contributed by atoms with van der Waals surface area (Å²) in [5.74, 6) is 0.992. The number of hydrogen-bond acceptors (Lipinski definition) is 3. The molecule has 1 aromatic rings. The Morgan fingerprint density at radius 1 is 1.50 bits per heavy atom. The standard InChI is InChI=1S/C11H16BrN3O/c1-7-4-3-5-8(6-7)10(16)9-11(12)13-14-15(9)2/h7-8H,3-6H2,1-2H3. The van der Waals surface area contributed by atoms with Crippen molar-refractivity contribution in [3.05, 3.63) is 10.3 Å². The molecule has 1 aliphatic carbocycles. The Hall–Kier alpha value is -0.710. The van der Waals surface area contributed by atoms with E-state index in [9.17, 15) is 4.79 Å². The predicted molar refractivity (Wildman–Crippen MR) is 64.2 cm³/mol. The highest BCUT2D eigenvalue weighted by Gasteiger charge is 2.29. The molecule has 1 aliphatic rings. The summed E-state index contributed by atoms with van der Waals surface area (Å²) in [7, 11) is 1.76. The Balaban J connectivity index is 2.18. The van der Waals surface area contributed by atoms with Crippen molar-refractivity contribution >= 4 is 21.7 Å². The van der Waals surface area contributed by atoms with Gasteiger partial charge in [-0.2, -0.15) is 0 Å². The van der Waals surface area contributed by atoms with E-state index in [4.69, 9.17) is 0 Å². The predicted octanol–water partition coefficient (Wildman–Crippen LogP) is 2.59. The van der Waals surface area contributed by atoms with E-state index in [-0.39, 0.29) is 11.7 Å². The van der Waals surface area contributed by atoms with Gasteiger partial charge in [0.15, 0.2) is 10.4 Å². The number of Topliss-reactive ketones (excluding diaryl/α,β-unsaturated/α-hetero) is 1. The molecular weight excluding hydrogens is 270 g/mol. The van der Waals surface area contributed by atoms with Gasteiger partial charge in [-0.25, -0.2) is 4.68 Å². The van der Waals surface area contributed by atoms with Crippen LogP contribution in [0.4, 0.5) is 0 Å². The molecule has 1 heterocycles. The van der Waals surface area contributed by atoms with Gasteiger partial charge in [-0.15, -0.1) is 5.10 Å². The highest BCUT2D eigenvalue weighted by molar-refractivity contribution is 9.10. The number of carbonyl (C=O) groups is 1.